The maximum Gasteiger partial charge on any atom is 0.240 e. The number of sulfonamides is 1. The molecule has 1 aromatic rings. The fraction of sp³-hybridized carbons (Fsp3) is 0.538. The zero-order valence-electron chi connectivity index (χ0n) is 11.3. The quantitative estimate of drug-likeness (QED) is 0.865. The van der Waals surface area contributed by atoms with E-state index in [1.807, 2.05) is 6.92 Å². The average Bonchev–Trinajstić information content (AvgIpc) is 2.92. The van der Waals surface area contributed by atoms with Crippen molar-refractivity contribution < 1.29 is 13.2 Å². The number of nitrogens with two attached hydrogens (primary N) is 1. The third kappa shape index (κ3) is 3.51. The van der Waals surface area contributed by atoms with Crippen LogP contribution in [0.3, 0.4) is 0 Å². The van der Waals surface area contributed by atoms with Gasteiger partial charge in [0.2, 0.25) is 10.0 Å². The molecule has 0 aliphatic carbocycles. The number of nitrogens with one attached hydrogen (secondary N) is 1. The smallest absolute Gasteiger partial charge is 0.240 e. The van der Waals surface area contributed by atoms with E-state index in [0.717, 1.165) is 18.4 Å². The van der Waals surface area contributed by atoms with E-state index in [9.17, 15) is 8.42 Å². The Morgan fingerprint density at radius 1 is 1.55 bits per heavy atom. The monoisotopic (exact) mass is 318 g/mol. The Kier molecular flexibility index (Phi) is 5.04. The molecule has 1 saturated heterocycles. The number of benzene rings is 1. The van der Waals surface area contributed by atoms with Crippen LogP contribution >= 0.6 is 11.6 Å². The van der Waals surface area contributed by atoms with E-state index >= 15 is 0 Å². The minimum absolute atomic E-state index is 0.0661. The van der Waals surface area contributed by atoms with Gasteiger partial charge in [-0.2, -0.15) is 0 Å². The Bertz CT molecular complexity index is 571. The van der Waals surface area contributed by atoms with E-state index in [1.54, 1.807) is 6.07 Å². The summed E-state index contributed by atoms with van der Waals surface area (Å²) in [5, 5.41) is 0.361. The zero-order valence-corrected chi connectivity index (χ0v) is 12.9. The van der Waals surface area contributed by atoms with Crippen LogP contribution in [0, 0.1) is 0 Å². The van der Waals surface area contributed by atoms with Crippen LogP contribution in [0.1, 0.15) is 25.3 Å². The number of ether oxygens (including phenoxy) is 1. The highest BCUT2D eigenvalue weighted by Gasteiger charge is 2.27. The summed E-state index contributed by atoms with van der Waals surface area (Å²) >= 11 is 6.00. The van der Waals surface area contributed by atoms with Gasteiger partial charge in [0.25, 0.3) is 0 Å². The van der Waals surface area contributed by atoms with Crippen LogP contribution in [0.4, 0.5) is 0 Å². The summed E-state index contributed by atoms with van der Waals surface area (Å²) in [6.45, 7) is 2.77. The summed E-state index contributed by atoms with van der Waals surface area (Å²) in [7, 11) is -3.60. The molecule has 20 heavy (non-hydrogen) atoms. The van der Waals surface area contributed by atoms with Crippen molar-refractivity contribution in [3.8, 4) is 0 Å². The van der Waals surface area contributed by atoms with Crippen LogP contribution in [-0.2, 0) is 21.3 Å². The second-order valence-electron chi connectivity index (χ2n) is 4.92. The second kappa shape index (κ2) is 6.41. The van der Waals surface area contributed by atoms with Gasteiger partial charge >= 0.3 is 0 Å². The van der Waals surface area contributed by atoms with E-state index in [0.29, 0.717) is 11.6 Å². The molecule has 2 rings (SSSR count). The first-order chi connectivity index (χ1) is 9.44. The Morgan fingerprint density at radius 2 is 2.30 bits per heavy atom. The molecule has 5 nitrogen and oxygen atoms in total. The summed E-state index contributed by atoms with van der Waals surface area (Å²) in [5.41, 5.74) is 6.23. The van der Waals surface area contributed by atoms with Crippen LogP contribution in [-0.4, -0.2) is 27.2 Å². The van der Waals surface area contributed by atoms with Crippen LogP contribution < -0.4 is 10.5 Å². The van der Waals surface area contributed by atoms with Gasteiger partial charge < -0.3 is 10.5 Å². The van der Waals surface area contributed by atoms with Gasteiger partial charge in [0.05, 0.1) is 11.0 Å². The van der Waals surface area contributed by atoms with E-state index in [1.165, 1.54) is 12.1 Å². The molecule has 1 heterocycles. The molecule has 0 aromatic heterocycles. The van der Waals surface area contributed by atoms with Gasteiger partial charge in [0.15, 0.2) is 0 Å². The lowest BCUT2D eigenvalue weighted by atomic mass is 10.1. The average molecular weight is 319 g/mol. The largest absolute Gasteiger partial charge is 0.377 e. The second-order valence-corrected chi connectivity index (χ2v) is 7.04. The first kappa shape index (κ1) is 15.7. The number of hydrogen-bond donors (Lipinski definition) is 2. The van der Waals surface area contributed by atoms with Crippen molar-refractivity contribution in [1.29, 1.82) is 0 Å². The van der Waals surface area contributed by atoms with Crippen molar-refractivity contribution in [3.05, 3.63) is 28.8 Å². The SMILES string of the molecule is CC(NS(=O)(=O)c1ccc(CN)c(Cl)c1)C1CCCO1. The summed E-state index contributed by atoms with van der Waals surface area (Å²) in [6, 6.07) is 4.30. The van der Waals surface area contributed by atoms with Crippen LogP contribution in [0.2, 0.25) is 5.02 Å². The normalized spacial score (nSPS) is 21.1. The Balaban J connectivity index is 2.15. The van der Waals surface area contributed by atoms with E-state index < -0.39 is 10.0 Å². The van der Waals surface area contributed by atoms with Gasteiger partial charge in [0, 0.05) is 24.2 Å². The third-order valence-corrected chi connectivity index (χ3v) is 5.33. The predicted molar refractivity (Wildman–Crippen MR) is 78.1 cm³/mol. The van der Waals surface area contributed by atoms with Gasteiger partial charge in [-0.15, -0.1) is 0 Å². The van der Waals surface area contributed by atoms with Gasteiger partial charge in [-0.05, 0) is 37.5 Å². The van der Waals surface area contributed by atoms with Gasteiger partial charge in [-0.3, -0.25) is 0 Å². The number of rotatable bonds is 5. The molecule has 0 bridgehead atoms. The van der Waals surface area contributed by atoms with Crippen molar-refractivity contribution in [1.82, 2.24) is 4.72 Å². The predicted octanol–water partition coefficient (Wildman–Crippen LogP) is 1.64. The molecule has 112 valence electrons. The Labute approximate surface area is 124 Å². The molecule has 2 unspecified atom stereocenters. The highest BCUT2D eigenvalue weighted by Crippen LogP contribution is 2.22. The summed E-state index contributed by atoms with van der Waals surface area (Å²) in [6.07, 6.45) is 1.77. The maximum atomic E-state index is 12.3. The first-order valence-electron chi connectivity index (χ1n) is 6.56. The summed E-state index contributed by atoms with van der Waals surface area (Å²) in [5.74, 6) is 0. The highest BCUT2D eigenvalue weighted by molar-refractivity contribution is 7.89. The molecule has 0 radical (unpaired) electrons. The lowest BCUT2D eigenvalue weighted by molar-refractivity contribution is 0.0902. The van der Waals surface area contributed by atoms with Gasteiger partial charge in [-0.1, -0.05) is 17.7 Å². The summed E-state index contributed by atoms with van der Waals surface area (Å²) < 4.78 is 32.7. The van der Waals surface area contributed by atoms with Crippen LogP contribution in [0.15, 0.2) is 23.1 Å². The van der Waals surface area contributed by atoms with E-state index in [2.05, 4.69) is 4.72 Å². The molecule has 1 aromatic carbocycles. The van der Waals surface area contributed by atoms with Gasteiger partial charge in [-0.25, -0.2) is 13.1 Å². The fourth-order valence-electron chi connectivity index (χ4n) is 2.25. The van der Waals surface area contributed by atoms with Crippen molar-refractivity contribution in [3.63, 3.8) is 0 Å². The Morgan fingerprint density at radius 3 is 2.85 bits per heavy atom. The number of halogens is 1. The Hall–Kier alpha value is -0.660. The van der Waals surface area contributed by atoms with Crippen molar-refractivity contribution in [2.75, 3.05) is 6.61 Å². The molecular formula is C13H19ClN2O3S. The topological polar surface area (TPSA) is 81.4 Å². The lowest BCUT2D eigenvalue weighted by Gasteiger charge is -2.20. The fourth-order valence-corrected chi connectivity index (χ4v) is 3.87. The number of hydrogen-bond acceptors (Lipinski definition) is 4. The van der Waals surface area contributed by atoms with Gasteiger partial charge in [0.1, 0.15) is 0 Å². The van der Waals surface area contributed by atoms with E-state index in [4.69, 9.17) is 22.1 Å². The summed E-state index contributed by atoms with van der Waals surface area (Å²) in [4.78, 5) is 0.143. The van der Waals surface area contributed by atoms with Crippen molar-refractivity contribution in [2.45, 2.75) is 43.4 Å². The minimum Gasteiger partial charge on any atom is -0.377 e. The zero-order chi connectivity index (χ0) is 14.8. The molecule has 1 fully saturated rings. The molecule has 0 saturated carbocycles. The lowest BCUT2D eigenvalue weighted by Crippen LogP contribution is -2.40. The standard InChI is InChI=1S/C13H19ClN2O3S/c1-9(13-3-2-6-19-13)16-20(17,18)11-5-4-10(8-15)12(14)7-11/h4-5,7,9,13,16H,2-3,6,8,15H2,1H3. The maximum absolute atomic E-state index is 12.3. The first-order valence-corrected chi connectivity index (χ1v) is 8.42. The third-order valence-electron chi connectivity index (χ3n) is 3.42. The minimum atomic E-state index is -3.60. The van der Waals surface area contributed by atoms with Crippen LogP contribution in [0.25, 0.3) is 0 Å². The molecule has 1 aliphatic heterocycles. The molecule has 3 N–H and O–H groups in total. The molecule has 1 aliphatic rings. The van der Waals surface area contributed by atoms with Crippen molar-refractivity contribution >= 4 is 21.6 Å². The van der Waals surface area contributed by atoms with E-state index in [-0.39, 0.29) is 23.6 Å². The highest BCUT2D eigenvalue weighted by atomic mass is 35.5. The molecule has 2 atom stereocenters. The van der Waals surface area contributed by atoms with Crippen molar-refractivity contribution in [2.24, 2.45) is 5.73 Å². The molecule has 0 spiro atoms. The molecular weight excluding hydrogens is 300 g/mol. The molecule has 7 heteroatoms. The van der Waals surface area contributed by atoms with Crippen LogP contribution in [0.5, 0.6) is 0 Å². The molecule has 0 amide bonds.